The first-order valence-electron chi connectivity index (χ1n) is 41.8. The van der Waals surface area contributed by atoms with Gasteiger partial charge in [0, 0.05) is 0 Å². The Morgan fingerprint density at radius 1 is 0.107 bits per heavy atom. The van der Waals surface area contributed by atoms with Gasteiger partial charge < -0.3 is 0 Å². The Hall–Kier alpha value is 0. The van der Waals surface area contributed by atoms with Gasteiger partial charge in [-0.2, -0.15) is 0 Å². The van der Waals surface area contributed by atoms with Gasteiger partial charge in [-0.05, 0) is 5.92 Å². The van der Waals surface area contributed by atoms with Crippen LogP contribution < -0.4 is 0 Å². The third-order valence-corrected chi connectivity index (χ3v) is 20.4. The minimum absolute atomic E-state index is 0.894. The van der Waals surface area contributed by atoms with Crippen molar-refractivity contribution in [3.8, 4) is 0 Å². The predicted molar refractivity (Wildman–Crippen MR) is 390 cm³/mol. The van der Waals surface area contributed by atoms with Gasteiger partial charge in [-0.25, -0.2) is 0 Å². The van der Waals surface area contributed by atoms with Gasteiger partial charge in [0.25, 0.3) is 0 Å². The average molecular weight is 1180 g/mol. The molecule has 0 aliphatic heterocycles. The van der Waals surface area contributed by atoms with E-state index in [4.69, 9.17) is 0 Å². The Morgan fingerprint density at radius 2 is 0.179 bits per heavy atom. The molecule has 0 nitrogen and oxygen atoms in total. The second kappa shape index (κ2) is 81.0. The van der Waals surface area contributed by atoms with Crippen LogP contribution in [-0.4, -0.2) is 0 Å². The molecule has 0 rings (SSSR count). The van der Waals surface area contributed by atoms with E-state index in [9.17, 15) is 0 Å². The molecule has 0 fully saturated rings. The molecule has 0 heteroatoms. The summed E-state index contributed by atoms with van der Waals surface area (Å²) >= 11 is 0. The van der Waals surface area contributed by atoms with E-state index in [1.807, 2.05) is 0 Å². The summed E-state index contributed by atoms with van der Waals surface area (Å²) in [4.78, 5) is 0. The van der Waals surface area contributed by atoms with Crippen LogP contribution in [0.15, 0.2) is 0 Å². The van der Waals surface area contributed by atoms with Crippen molar-refractivity contribution >= 4 is 0 Å². The van der Waals surface area contributed by atoms with Crippen molar-refractivity contribution < 1.29 is 0 Å². The maximum Gasteiger partial charge on any atom is -0.0471 e. The predicted octanol–water partition coefficient (Wildman–Crippen LogP) is 32.9. The largest absolute Gasteiger partial charge is 0.0654 e. The van der Waals surface area contributed by atoms with Gasteiger partial charge in [0.2, 0.25) is 0 Å². The van der Waals surface area contributed by atoms with Crippen LogP contribution in [-0.2, 0) is 0 Å². The minimum atomic E-state index is 0.894. The molecular weight excluding hydrogens is 1010 g/mol. The van der Waals surface area contributed by atoms with Crippen LogP contribution in [0.1, 0.15) is 534 Å². The zero-order chi connectivity index (χ0) is 60.1. The van der Waals surface area contributed by atoms with Crippen molar-refractivity contribution in [1.82, 2.24) is 0 Å². The van der Waals surface area contributed by atoms with Gasteiger partial charge in [0.05, 0.1) is 0 Å². The molecule has 0 aromatic carbocycles. The third-order valence-electron chi connectivity index (χ3n) is 20.4. The van der Waals surface area contributed by atoms with E-state index in [0.717, 1.165) is 5.92 Å². The van der Waals surface area contributed by atoms with Crippen molar-refractivity contribution in [2.24, 2.45) is 5.92 Å². The second-order valence-electron chi connectivity index (χ2n) is 29.8. The van der Waals surface area contributed by atoms with Crippen molar-refractivity contribution in [3.05, 3.63) is 0 Å². The number of hydrogen-bond acceptors (Lipinski definition) is 0. The summed E-state index contributed by atoms with van der Waals surface area (Å²) in [5, 5.41) is 0. The molecule has 0 radical (unpaired) electrons. The average Bonchev–Trinajstić information content (AvgIpc) is 3.49. The Morgan fingerprint density at radius 3 is 0.250 bits per heavy atom. The molecule has 0 atom stereocenters. The van der Waals surface area contributed by atoms with Gasteiger partial charge in [-0.3, -0.25) is 0 Å². The summed E-state index contributed by atoms with van der Waals surface area (Å²) in [6.07, 6.45) is 119. The molecule has 0 unspecified atom stereocenters. The number of hydrogen-bond donors (Lipinski definition) is 0. The number of unbranched alkanes of at least 4 members (excludes halogenated alkanes) is 78. The fraction of sp³-hybridized carbons (Fsp3) is 1.00. The highest BCUT2D eigenvalue weighted by molar-refractivity contribution is 4.58. The molecule has 0 aromatic heterocycles. The summed E-state index contributed by atoms with van der Waals surface area (Å²) < 4.78 is 0. The minimum Gasteiger partial charge on any atom is -0.0654 e. The molecule has 0 saturated heterocycles. The fourth-order valence-corrected chi connectivity index (χ4v) is 14.2. The topological polar surface area (TPSA) is 0 Å². The van der Waals surface area contributed by atoms with E-state index in [-0.39, 0.29) is 0 Å². The second-order valence-corrected chi connectivity index (χ2v) is 29.8. The molecule has 0 aromatic rings. The van der Waals surface area contributed by atoms with E-state index in [1.165, 1.54) is 514 Å². The van der Waals surface area contributed by atoms with Crippen molar-refractivity contribution in [3.63, 3.8) is 0 Å². The molecule has 506 valence electrons. The maximum absolute atomic E-state index is 2.36. The highest BCUT2D eigenvalue weighted by Crippen LogP contribution is 2.22. The lowest BCUT2D eigenvalue weighted by molar-refractivity contribution is 0.500. The highest BCUT2D eigenvalue weighted by Gasteiger charge is 2.02. The first kappa shape index (κ1) is 84.0. The first-order chi connectivity index (χ1) is 41.8. The van der Waals surface area contributed by atoms with Crippen molar-refractivity contribution in [2.75, 3.05) is 0 Å². The van der Waals surface area contributed by atoms with Crippen LogP contribution in [0.4, 0.5) is 0 Å². The summed E-state index contributed by atoms with van der Waals surface area (Å²) in [5.41, 5.74) is 0. The van der Waals surface area contributed by atoms with Crippen LogP contribution in [0.25, 0.3) is 0 Å². The smallest absolute Gasteiger partial charge is 0.0471 e. The zero-order valence-electron chi connectivity index (χ0n) is 60.1. The van der Waals surface area contributed by atoms with Crippen molar-refractivity contribution in [2.45, 2.75) is 534 Å². The van der Waals surface area contributed by atoms with E-state index in [1.54, 1.807) is 0 Å². The zero-order valence-corrected chi connectivity index (χ0v) is 60.1. The van der Waals surface area contributed by atoms with E-state index in [2.05, 4.69) is 20.8 Å². The summed E-state index contributed by atoms with van der Waals surface area (Å²) in [6, 6.07) is 0. The van der Waals surface area contributed by atoms with E-state index >= 15 is 0 Å². The summed E-state index contributed by atoms with van der Waals surface area (Å²) in [5.74, 6) is 0.894. The quantitative estimate of drug-likeness (QED) is 0.0533. The van der Waals surface area contributed by atoms with Crippen LogP contribution in [0.2, 0.25) is 0 Å². The maximum atomic E-state index is 2.36. The normalized spacial score (nSPS) is 11.9. The van der Waals surface area contributed by atoms with E-state index in [0.29, 0.717) is 0 Å². The van der Waals surface area contributed by atoms with Gasteiger partial charge in [-0.1, -0.05) is 534 Å². The Labute approximate surface area is 537 Å². The van der Waals surface area contributed by atoms with Crippen LogP contribution in [0.5, 0.6) is 0 Å². The third kappa shape index (κ3) is 82.0. The fourth-order valence-electron chi connectivity index (χ4n) is 14.2. The Kier molecular flexibility index (Phi) is 81.0. The molecule has 0 amide bonds. The lowest BCUT2D eigenvalue weighted by Gasteiger charge is -2.05. The Balaban J connectivity index is 3.08. The molecule has 0 saturated carbocycles. The lowest BCUT2D eigenvalue weighted by atomic mass is 10.0. The van der Waals surface area contributed by atoms with Crippen LogP contribution in [0.3, 0.4) is 0 Å². The number of rotatable bonds is 80. The van der Waals surface area contributed by atoms with Crippen LogP contribution >= 0.6 is 0 Å². The van der Waals surface area contributed by atoms with Gasteiger partial charge in [0.15, 0.2) is 0 Å². The molecule has 0 heterocycles. The molecule has 0 aliphatic rings. The van der Waals surface area contributed by atoms with Crippen molar-refractivity contribution in [1.29, 1.82) is 0 Å². The SMILES string of the molecule is CCCCCCCCCCCCCCCCCCCCCCCCCCCCCCCCCCCCCCCCCCCCCCCCCCCCCCCCCCCCCCCCCCCCCCCCCCCCCCCCCC(C)C. The van der Waals surface area contributed by atoms with Crippen LogP contribution in [0, 0.1) is 5.92 Å². The molecule has 0 bridgehead atoms. The standard InChI is InChI=1S/C84H170/c1-4-5-6-7-8-9-10-11-12-13-14-15-16-17-18-19-20-21-22-23-24-25-26-27-28-29-30-31-32-33-34-35-36-37-38-39-40-41-42-43-44-45-46-47-48-49-50-51-52-53-54-55-56-57-58-59-60-61-62-63-64-65-66-67-68-69-70-71-72-73-74-75-76-77-78-79-80-81-82-83-84(2)3/h84H,4-83H2,1-3H3. The molecule has 84 heavy (non-hydrogen) atoms. The summed E-state index contributed by atoms with van der Waals surface area (Å²) in [7, 11) is 0. The molecule has 0 aliphatic carbocycles. The Bertz CT molecular complexity index is 1060. The van der Waals surface area contributed by atoms with Gasteiger partial charge in [0.1, 0.15) is 0 Å². The van der Waals surface area contributed by atoms with E-state index < -0.39 is 0 Å². The molecular formula is C84H170. The monoisotopic (exact) mass is 1180 g/mol. The molecule has 0 N–H and O–H groups in total. The summed E-state index contributed by atoms with van der Waals surface area (Å²) in [6.45, 7) is 7.03. The van der Waals surface area contributed by atoms with Gasteiger partial charge in [-0.15, -0.1) is 0 Å². The van der Waals surface area contributed by atoms with Gasteiger partial charge >= 0.3 is 0 Å². The lowest BCUT2D eigenvalue weighted by Crippen LogP contribution is -1.87. The first-order valence-corrected chi connectivity index (χ1v) is 41.8. The highest BCUT2D eigenvalue weighted by atomic mass is 14.1. The molecule has 0 spiro atoms.